The summed E-state index contributed by atoms with van der Waals surface area (Å²) in [4.78, 5) is 28.9. The van der Waals surface area contributed by atoms with E-state index in [1.165, 1.54) is 12.1 Å². The van der Waals surface area contributed by atoms with Crippen LogP contribution in [0.2, 0.25) is 0 Å². The molecule has 0 unspecified atom stereocenters. The maximum absolute atomic E-state index is 12.7. The van der Waals surface area contributed by atoms with Crippen LogP contribution in [0.4, 0.5) is 5.69 Å². The second-order valence-electron chi connectivity index (χ2n) is 7.60. The minimum atomic E-state index is -3.36. The van der Waals surface area contributed by atoms with E-state index in [4.69, 9.17) is 0 Å². The molecule has 3 rings (SSSR count). The first-order valence-electron chi connectivity index (χ1n) is 9.98. The maximum atomic E-state index is 12.7. The van der Waals surface area contributed by atoms with E-state index in [1.54, 1.807) is 30.9 Å². The molecule has 2 aromatic rings. The van der Waals surface area contributed by atoms with Crippen LogP contribution >= 0.6 is 0 Å². The predicted octanol–water partition coefficient (Wildman–Crippen LogP) is 2.27. The van der Waals surface area contributed by atoms with Gasteiger partial charge in [-0.2, -0.15) is 0 Å². The molecule has 0 aliphatic carbocycles. The van der Waals surface area contributed by atoms with Gasteiger partial charge < -0.3 is 10.2 Å². The zero-order valence-electron chi connectivity index (χ0n) is 17.2. The highest BCUT2D eigenvalue weighted by molar-refractivity contribution is 7.92. The number of rotatable bonds is 6. The van der Waals surface area contributed by atoms with Crippen molar-refractivity contribution in [2.75, 3.05) is 38.0 Å². The number of carbonyl (C=O) groups is 2. The number of piperazine rings is 1. The minimum Gasteiger partial charge on any atom is -0.336 e. The van der Waals surface area contributed by atoms with Gasteiger partial charge in [0.1, 0.15) is 0 Å². The summed E-state index contributed by atoms with van der Waals surface area (Å²) >= 11 is 0. The SMILES string of the molecule is CC(C)S(=O)(=O)c1ccc(C(=O)N2CCN(CC(=O)Nc3ccccc3)CC2)cc1. The van der Waals surface area contributed by atoms with E-state index < -0.39 is 15.1 Å². The minimum absolute atomic E-state index is 0.0806. The first kappa shape index (κ1) is 22.0. The van der Waals surface area contributed by atoms with Crippen LogP contribution in [0.25, 0.3) is 0 Å². The Balaban J connectivity index is 1.52. The molecule has 1 saturated heterocycles. The molecule has 30 heavy (non-hydrogen) atoms. The molecule has 160 valence electrons. The number of hydrogen-bond donors (Lipinski definition) is 1. The molecule has 0 bridgehead atoms. The van der Waals surface area contributed by atoms with Gasteiger partial charge in [-0.05, 0) is 50.2 Å². The van der Waals surface area contributed by atoms with E-state index in [0.29, 0.717) is 31.7 Å². The van der Waals surface area contributed by atoms with Crippen LogP contribution in [0.5, 0.6) is 0 Å². The van der Waals surface area contributed by atoms with Gasteiger partial charge in [0.25, 0.3) is 5.91 Å². The van der Waals surface area contributed by atoms with Crippen molar-refractivity contribution < 1.29 is 18.0 Å². The van der Waals surface area contributed by atoms with Gasteiger partial charge in [-0.25, -0.2) is 8.42 Å². The number of carbonyl (C=O) groups excluding carboxylic acids is 2. The fourth-order valence-electron chi connectivity index (χ4n) is 3.28. The van der Waals surface area contributed by atoms with Gasteiger partial charge in [0, 0.05) is 37.4 Å². The number of para-hydroxylation sites is 1. The number of nitrogens with zero attached hydrogens (tertiary/aromatic N) is 2. The van der Waals surface area contributed by atoms with Gasteiger partial charge >= 0.3 is 0 Å². The molecular weight excluding hydrogens is 402 g/mol. The Morgan fingerprint density at radius 1 is 0.933 bits per heavy atom. The fourth-order valence-corrected chi connectivity index (χ4v) is 4.34. The molecule has 1 N–H and O–H groups in total. The Labute approximate surface area is 177 Å². The molecule has 2 amide bonds. The van der Waals surface area contributed by atoms with Gasteiger partial charge in [-0.1, -0.05) is 18.2 Å². The molecule has 0 spiro atoms. The highest BCUT2D eigenvalue weighted by Gasteiger charge is 2.24. The zero-order valence-corrected chi connectivity index (χ0v) is 18.1. The van der Waals surface area contributed by atoms with E-state index in [2.05, 4.69) is 5.32 Å². The standard InChI is InChI=1S/C22H27N3O4S/c1-17(2)30(28,29)20-10-8-18(9-11-20)22(27)25-14-12-24(13-15-25)16-21(26)23-19-6-4-3-5-7-19/h3-11,17H,12-16H2,1-2H3,(H,23,26). The first-order chi connectivity index (χ1) is 14.3. The number of nitrogens with one attached hydrogen (secondary N) is 1. The van der Waals surface area contributed by atoms with Crippen molar-refractivity contribution in [1.29, 1.82) is 0 Å². The third kappa shape index (κ3) is 5.25. The maximum Gasteiger partial charge on any atom is 0.253 e. The molecule has 7 nitrogen and oxygen atoms in total. The first-order valence-corrected chi connectivity index (χ1v) is 11.5. The second kappa shape index (κ2) is 9.40. The monoisotopic (exact) mass is 429 g/mol. The molecule has 8 heteroatoms. The highest BCUT2D eigenvalue weighted by Crippen LogP contribution is 2.18. The summed E-state index contributed by atoms with van der Waals surface area (Å²) in [6.07, 6.45) is 0. The smallest absolute Gasteiger partial charge is 0.253 e. The van der Waals surface area contributed by atoms with Crippen LogP contribution in [0.1, 0.15) is 24.2 Å². The molecule has 1 heterocycles. The van der Waals surface area contributed by atoms with Gasteiger partial charge in [-0.3, -0.25) is 14.5 Å². The molecule has 1 fully saturated rings. The quantitative estimate of drug-likeness (QED) is 0.761. The Morgan fingerprint density at radius 2 is 1.53 bits per heavy atom. The van der Waals surface area contributed by atoms with E-state index in [9.17, 15) is 18.0 Å². The molecule has 1 aliphatic heterocycles. The van der Waals surface area contributed by atoms with Crippen LogP contribution in [0, 0.1) is 0 Å². The van der Waals surface area contributed by atoms with Crippen molar-refractivity contribution in [2.24, 2.45) is 0 Å². The molecule has 0 atom stereocenters. The summed E-state index contributed by atoms with van der Waals surface area (Å²) in [5.41, 5.74) is 1.23. The van der Waals surface area contributed by atoms with Crippen LogP contribution in [0.15, 0.2) is 59.5 Å². The lowest BCUT2D eigenvalue weighted by atomic mass is 10.2. The number of anilines is 1. The van der Waals surface area contributed by atoms with Crippen LogP contribution < -0.4 is 5.32 Å². The van der Waals surface area contributed by atoms with E-state index >= 15 is 0 Å². The Bertz CT molecular complexity index is 981. The third-order valence-corrected chi connectivity index (χ3v) is 7.31. The van der Waals surface area contributed by atoms with Crippen molar-refractivity contribution in [3.05, 3.63) is 60.2 Å². The van der Waals surface area contributed by atoms with Crippen molar-refractivity contribution in [1.82, 2.24) is 9.80 Å². The van der Waals surface area contributed by atoms with Crippen molar-refractivity contribution in [3.8, 4) is 0 Å². The molecule has 2 aromatic carbocycles. The predicted molar refractivity (Wildman–Crippen MR) is 116 cm³/mol. The molecule has 0 aromatic heterocycles. The lowest BCUT2D eigenvalue weighted by Gasteiger charge is -2.34. The van der Waals surface area contributed by atoms with Gasteiger partial charge in [0.15, 0.2) is 9.84 Å². The summed E-state index contributed by atoms with van der Waals surface area (Å²) < 4.78 is 24.4. The summed E-state index contributed by atoms with van der Waals surface area (Å²) in [5, 5.41) is 2.36. The molecule has 1 aliphatic rings. The topological polar surface area (TPSA) is 86.8 Å². The molecule has 0 saturated carbocycles. The lowest BCUT2D eigenvalue weighted by Crippen LogP contribution is -2.50. The fraction of sp³-hybridized carbons (Fsp3) is 0.364. The zero-order chi connectivity index (χ0) is 21.7. The van der Waals surface area contributed by atoms with E-state index in [1.807, 2.05) is 35.2 Å². The number of amides is 2. The van der Waals surface area contributed by atoms with E-state index in [-0.39, 0.29) is 23.3 Å². The lowest BCUT2D eigenvalue weighted by molar-refractivity contribution is -0.117. The average molecular weight is 430 g/mol. The number of benzene rings is 2. The molecule has 0 radical (unpaired) electrons. The Morgan fingerprint density at radius 3 is 2.10 bits per heavy atom. The van der Waals surface area contributed by atoms with Crippen LogP contribution in [-0.2, 0) is 14.6 Å². The van der Waals surface area contributed by atoms with Crippen molar-refractivity contribution in [3.63, 3.8) is 0 Å². The van der Waals surface area contributed by atoms with Crippen LogP contribution in [0.3, 0.4) is 0 Å². The summed E-state index contributed by atoms with van der Waals surface area (Å²) in [7, 11) is -3.36. The second-order valence-corrected chi connectivity index (χ2v) is 10.1. The largest absolute Gasteiger partial charge is 0.336 e. The van der Waals surface area contributed by atoms with Gasteiger partial charge in [0.2, 0.25) is 5.91 Å². The Hall–Kier alpha value is -2.71. The van der Waals surface area contributed by atoms with Crippen molar-refractivity contribution in [2.45, 2.75) is 24.0 Å². The summed E-state index contributed by atoms with van der Waals surface area (Å²) in [6, 6.07) is 15.4. The third-order valence-electron chi connectivity index (χ3n) is 5.13. The number of hydrogen-bond acceptors (Lipinski definition) is 5. The van der Waals surface area contributed by atoms with Gasteiger partial charge in [-0.15, -0.1) is 0 Å². The number of sulfone groups is 1. The molecular formula is C22H27N3O4S. The van der Waals surface area contributed by atoms with Gasteiger partial charge in [0.05, 0.1) is 16.7 Å². The average Bonchev–Trinajstić information content (AvgIpc) is 2.74. The summed E-state index contributed by atoms with van der Waals surface area (Å²) in [6.45, 7) is 5.79. The summed E-state index contributed by atoms with van der Waals surface area (Å²) in [5.74, 6) is -0.209. The van der Waals surface area contributed by atoms with Crippen LogP contribution in [-0.4, -0.2) is 68.0 Å². The van der Waals surface area contributed by atoms with E-state index in [0.717, 1.165) is 5.69 Å². The van der Waals surface area contributed by atoms with Crippen molar-refractivity contribution >= 4 is 27.3 Å². The Kier molecular flexibility index (Phi) is 6.89. The highest BCUT2D eigenvalue weighted by atomic mass is 32.2. The normalized spacial score (nSPS) is 15.2.